The van der Waals surface area contributed by atoms with Crippen molar-refractivity contribution in [2.24, 2.45) is 0 Å². The van der Waals surface area contributed by atoms with E-state index in [1.54, 1.807) is 12.1 Å². The van der Waals surface area contributed by atoms with Crippen molar-refractivity contribution < 1.29 is 14.4 Å². The van der Waals surface area contributed by atoms with Crippen molar-refractivity contribution in [3.8, 4) is 5.75 Å². The van der Waals surface area contributed by atoms with Crippen molar-refractivity contribution in [3.63, 3.8) is 0 Å². The number of hydrogen-bond acceptors (Lipinski definition) is 3. The van der Waals surface area contributed by atoms with E-state index >= 15 is 0 Å². The van der Waals surface area contributed by atoms with Gasteiger partial charge in [-0.3, -0.25) is 0 Å². The number of aryl methyl sites for hydroxylation is 1. The van der Waals surface area contributed by atoms with Gasteiger partial charge in [0.2, 0.25) is 0 Å². The highest BCUT2D eigenvalue weighted by molar-refractivity contribution is 6.33. The number of rotatable bonds is 5. The smallest absolute Gasteiger partial charge is 0.336 e. The number of piperidine rings is 1. The summed E-state index contributed by atoms with van der Waals surface area (Å²) in [7, 11) is 0. The topological polar surface area (TPSA) is 54.9 Å². The molecule has 1 aliphatic heterocycles. The molecule has 136 valence electrons. The minimum Gasteiger partial charge on any atom is -0.506 e. The molecule has 1 saturated heterocycles. The summed E-state index contributed by atoms with van der Waals surface area (Å²) in [5.41, 5.74) is 1.76. The molecule has 0 amide bonds. The maximum absolute atomic E-state index is 12.1. The number of phenols is 1. The van der Waals surface area contributed by atoms with Gasteiger partial charge >= 0.3 is 5.63 Å². The third kappa shape index (κ3) is 3.70. The first kappa shape index (κ1) is 18.3. The first-order valence-electron chi connectivity index (χ1n) is 9.36. The summed E-state index contributed by atoms with van der Waals surface area (Å²) in [6.07, 6.45) is 6.49. The van der Waals surface area contributed by atoms with Gasteiger partial charge in [-0.05, 0) is 43.7 Å². The fourth-order valence-corrected chi connectivity index (χ4v) is 4.35. The third-order valence-corrected chi connectivity index (χ3v) is 5.72. The summed E-state index contributed by atoms with van der Waals surface area (Å²) in [4.78, 5) is 13.5. The number of phenolic OH excluding ortho intramolecular Hbond substituents is 1. The van der Waals surface area contributed by atoms with E-state index in [9.17, 15) is 9.90 Å². The zero-order valence-electron chi connectivity index (χ0n) is 15.0. The van der Waals surface area contributed by atoms with Crippen molar-refractivity contribution in [3.05, 3.63) is 38.7 Å². The van der Waals surface area contributed by atoms with Gasteiger partial charge in [0.1, 0.15) is 12.3 Å². The van der Waals surface area contributed by atoms with Gasteiger partial charge in [0.25, 0.3) is 0 Å². The van der Waals surface area contributed by atoms with Crippen LogP contribution in [0.1, 0.15) is 57.1 Å². The van der Waals surface area contributed by atoms with Crippen LogP contribution in [0, 0.1) is 0 Å². The highest BCUT2D eigenvalue weighted by Gasteiger charge is 2.28. The average molecular weight is 365 g/mol. The molecule has 0 bridgehead atoms. The number of halogens is 1. The Labute approximate surface area is 153 Å². The normalized spacial score (nSPS) is 20.9. The van der Waals surface area contributed by atoms with Crippen LogP contribution in [0.4, 0.5) is 0 Å². The van der Waals surface area contributed by atoms with Crippen LogP contribution in [0.5, 0.6) is 5.75 Å². The van der Waals surface area contributed by atoms with E-state index in [0.717, 1.165) is 36.8 Å². The molecule has 25 heavy (non-hydrogen) atoms. The minimum absolute atomic E-state index is 0.0545. The average Bonchev–Trinajstić information content (AvgIpc) is 2.60. The van der Waals surface area contributed by atoms with Crippen LogP contribution in [0.15, 0.2) is 21.3 Å². The fraction of sp³-hybridized carbons (Fsp3) is 0.550. The predicted octanol–water partition coefficient (Wildman–Crippen LogP) is 3.45. The Balaban J connectivity index is 2.12. The van der Waals surface area contributed by atoms with Crippen molar-refractivity contribution >= 4 is 22.6 Å². The van der Waals surface area contributed by atoms with E-state index in [1.807, 2.05) is 0 Å². The van der Waals surface area contributed by atoms with Gasteiger partial charge in [0, 0.05) is 11.5 Å². The van der Waals surface area contributed by atoms with E-state index in [2.05, 4.69) is 13.8 Å². The van der Waals surface area contributed by atoms with Crippen molar-refractivity contribution in [1.29, 1.82) is 0 Å². The van der Waals surface area contributed by atoms with E-state index in [1.165, 1.54) is 24.2 Å². The molecule has 0 spiro atoms. The summed E-state index contributed by atoms with van der Waals surface area (Å²) in [6.45, 7) is 6.00. The molecule has 1 unspecified atom stereocenters. The molecule has 1 aromatic heterocycles. The maximum Gasteiger partial charge on any atom is 0.336 e. The molecule has 2 heterocycles. The Kier molecular flexibility index (Phi) is 5.70. The molecule has 0 saturated carbocycles. The summed E-state index contributed by atoms with van der Waals surface area (Å²) < 4.78 is 5.54. The molecular formula is C20H27ClNO3+. The molecular weight excluding hydrogens is 338 g/mol. The Morgan fingerprint density at radius 2 is 2.12 bits per heavy atom. The van der Waals surface area contributed by atoms with Crippen molar-refractivity contribution in [2.75, 3.05) is 6.54 Å². The first-order valence-corrected chi connectivity index (χ1v) is 9.74. The van der Waals surface area contributed by atoms with Gasteiger partial charge in [0.05, 0.1) is 23.2 Å². The van der Waals surface area contributed by atoms with Crippen LogP contribution in [-0.2, 0) is 13.0 Å². The minimum atomic E-state index is -0.361. The molecule has 4 nitrogen and oxygen atoms in total. The zero-order valence-corrected chi connectivity index (χ0v) is 15.8. The van der Waals surface area contributed by atoms with Crippen LogP contribution in [0.2, 0.25) is 5.02 Å². The highest BCUT2D eigenvalue weighted by atomic mass is 35.5. The summed E-state index contributed by atoms with van der Waals surface area (Å²) in [5, 5.41) is 11.8. The molecule has 2 atom stereocenters. The number of aromatic hydroxyl groups is 1. The van der Waals surface area contributed by atoms with Crippen molar-refractivity contribution in [1.82, 2.24) is 0 Å². The first-order chi connectivity index (χ1) is 12.0. The van der Waals surface area contributed by atoms with Crippen LogP contribution in [0.25, 0.3) is 11.0 Å². The summed E-state index contributed by atoms with van der Waals surface area (Å²) >= 11 is 6.31. The molecule has 0 radical (unpaired) electrons. The van der Waals surface area contributed by atoms with Gasteiger partial charge in [-0.2, -0.15) is 0 Å². The van der Waals surface area contributed by atoms with Crippen molar-refractivity contribution in [2.45, 2.75) is 65.0 Å². The third-order valence-electron chi connectivity index (χ3n) is 5.44. The van der Waals surface area contributed by atoms with Crippen LogP contribution >= 0.6 is 11.6 Å². The molecule has 5 heteroatoms. The van der Waals surface area contributed by atoms with Crippen LogP contribution in [-0.4, -0.2) is 17.7 Å². The zero-order chi connectivity index (χ0) is 18.0. The Bertz CT molecular complexity index is 815. The number of hydrogen-bond donors (Lipinski definition) is 2. The Hall–Kier alpha value is -1.52. The van der Waals surface area contributed by atoms with Gasteiger partial charge in [-0.25, -0.2) is 4.79 Å². The lowest BCUT2D eigenvalue weighted by molar-refractivity contribution is -0.944. The van der Waals surface area contributed by atoms with E-state index in [0.29, 0.717) is 28.8 Å². The maximum atomic E-state index is 12.1. The molecule has 3 rings (SSSR count). The lowest BCUT2D eigenvalue weighted by Crippen LogP contribution is -3.15. The molecule has 1 fully saturated rings. The van der Waals surface area contributed by atoms with Gasteiger partial charge in [-0.15, -0.1) is 0 Å². The molecule has 0 aliphatic carbocycles. The quantitative estimate of drug-likeness (QED) is 0.799. The number of quaternary nitrogens is 1. The fourth-order valence-electron chi connectivity index (χ4n) is 4.12. The SMILES string of the molecule is CCCc1cc(=O)oc2c(C[NH+]3CCCC[C@@H]3CC)c(O)c(Cl)cc12. The molecule has 1 aliphatic rings. The van der Waals surface area contributed by atoms with E-state index in [4.69, 9.17) is 16.0 Å². The second kappa shape index (κ2) is 7.79. The van der Waals surface area contributed by atoms with Gasteiger partial charge < -0.3 is 14.4 Å². The summed E-state index contributed by atoms with van der Waals surface area (Å²) in [6, 6.07) is 3.85. The number of nitrogens with one attached hydrogen (secondary N) is 1. The van der Waals surface area contributed by atoms with Gasteiger partial charge in [0.15, 0.2) is 5.58 Å². The highest BCUT2D eigenvalue weighted by Crippen LogP contribution is 2.35. The second-order valence-corrected chi connectivity index (χ2v) is 7.50. The number of likely N-dealkylation sites (tertiary alicyclic amines) is 1. The largest absolute Gasteiger partial charge is 0.506 e. The van der Waals surface area contributed by atoms with Crippen LogP contribution < -0.4 is 10.5 Å². The number of benzene rings is 1. The second-order valence-electron chi connectivity index (χ2n) is 7.09. The van der Waals surface area contributed by atoms with E-state index in [-0.39, 0.29) is 11.4 Å². The van der Waals surface area contributed by atoms with E-state index < -0.39 is 0 Å². The molecule has 1 aromatic carbocycles. The number of fused-ring (bicyclic) bond motifs is 1. The lowest BCUT2D eigenvalue weighted by atomic mass is 9.97. The molecule has 2 aromatic rings. The Morgan fingerprint density at radius 1 is 1.32 bits per heavy atom. The van der Waals surface area contributed by atoms with Crippen LogP contribution in [0.3, 0.4) is 0 Å². The molecule has 2 N–H and O–H groups in total. The van der Waals surface area contributed by atoms with Gasteiger partial charge in [-0.1, -0.05) is 31.9 Å². The summed E-state index contributed by atoms with van der Waals surface area (Å²) in [5.74, 6) is 0.0545. The Morgan fingerprint density at radius 3 is 2.84 bits per heavy atom. The predicted molar refractivity (Wildman–Crippen MR) is 101 cm³/mol. The monoisotopic (exact) mass is 364 g/mol. The standard InChI is InChI=1S/C20H26ClNO3/c1-3-7-13-10-18(23)25-20-15(13)11-17(21)19(24)16(20)12-22-9-6-5-8-14(22)4-2/h10-11,14,24H,3-9,12H2,1-2H3/p+1/t14-/m0/s1. The lowest BCUT2D eigenvalue weighted by Gasteiger charge is -2.32.